The minimum atomic E-state index is -4.97. The van der Waals surface area contributed by atoms with E-state index in [0.29, 0.717) is 24.2 Å². The van der Waals surface area contributed by atoms with Crippen molar-refractivity contribution in [3.63, 3.8) is 0 Å². The minimum absolute atomic E-state index is 0. The number of nitrogens with zero attached hydrogens (tertiary/aromatic N) is 4. The quantitative estimate of drug-likeness (QED) is 0.298. The average molecular weight is 507 g/mol. The number of alkyl halides is 6. The van der Waals surface area contributed by atoms with Crippen molar-refractivity contribution in [1.82, 2.24) is 19.5 Å². The summed E-state index contributed by atoms with van der Waals surface area (Å²) in [6.45, 7) is 4.36. The molecule has 3 aromatic heterocycles. The van der Waals surface area contributed by atoms with Gasteiger partial charge in [0.15, 0.2) is 6.10 Å². The van der Waals surface area contributed by atoms with Gasteiger partial charge in [0.25, 0.3) is 5.89 Å². The van der Waals surface area contributed by atoms with E-state index in [9.17, 15) is 26.3 Å². The zero-order valence-corrected chi connectivity index (χ0v) is 18.6. The highest BCUT2D eigenvalue weighted by Crippen LogP contribution is 2.40. The Hall–Kier alpha value is -3.28. The number of hydrogen-bond donors (Lipinski definition) is 0. The van der Waals surface area contributed by atoms with Crippen LogP contribution in [0.3, 0.4) is 0 Å². The number of aromatic nitrogens is 4. The Balaban J connectivity index is 0.00000324. The monoisotopic (exact) mass is 506 g/mol. The number of imidazole rings is 1. The Bertz CT molecular complexity index is 1330. The fraction of sp³-hybridized carbons (Fsp3) is 0.286. The molecule has 0 spiro atoms. The van der Waals surface area contributed by atoms with Crippen LogP contribution in [0.15, 0.2) is 41.1 Å². The Morgan fingerprint density at radius 3 is 2.29 bits per heavy atom. The summed E-state index contributed by atoms with van der Waals surface area (Å²) in [5, 5.41) is 3.82. The van der Waals surface area contributed by atoms with Gasteiger partial charge in [-0.3, -0.25) is 0 Å². The van der Waals surface area contributed by atoms with Crippen molar-refractivity contribution in [3.05, 3.63) is 53.5 Å². The van der Waals surface area contributed by atoms with Gasteiger partial charge in [-0.1, -0.05) is 5.16 Å². The van der Waals surface area contributed by atoms with Gasteiger partial charge >= 0.3 is 12.4 Å². The maximum atomic E-state index is 13.5. The van der Waals surface area contributed by atoms with E-state index in [2.05, 4.69) is 19.9 Å². The number of benzene rings is 1. The summed E-state index contributed by atoms with van der Waals surface area (Å²) in [5.41, 5.74) is 1.46. The molecule has 4 rings (SSSR count). The number of aryl methyl sites for hydroxylation is 2. The second kappa shape index (κ2) is 8.82. The van der Waals surface area contributed by atoms with Gasteiger partial charge in [0, 0.05) is 23.0 Å². The molecule has 0 saturated heterocycles. The zero-order valence-electron chi connectivity index (χ0n) is 17.8. The van der Waals surface area contributed by atoms with E-state index in [0.717, 1.165) is 23.5 Å². The van der Waals surface area contributed by atoms with E-state index in [1.165, 1.54) is 0 Å². The molecule has 0 aliphatic carbocycles. The first-order valence-electron chi connectivity index (χ1n) is 9.59. The Kier molecular flexibility index (Phi) is 6.57. The van der Waals surface area contributed by atoms with Crippen molar-refractivity contribution >= 4 is 18.1 Å². The molecular formula is C21H17ClF6N4O2. The molecular weight excluding hydrogens is 490 g/mol. The third-order valence-corrected chi connectivity index (χ3v) is 5.08. The van der Waals surface area contributed by atoms with Crippen LogP contribution in [0.25, 0.3) is 28.5 Å². The van der Waals surface area contributed by atoms with Crippen molar-refractivity contribution in [1.29, 1.82) is 0 Å². The average Bonchev–Trinajstić information content (AvgIpc) is 3.32. The molecule has 13 heteroatoms. The maximum absolute atomic E-state index is 13.5. The van der Waals surface area contributed by atoms with Crippen LogP contribution in [-0.2, 0) is 6.18 Å². The van der Waals surface area contributed by atoms with Crippen LogP contribution < -0.4 is 4.74 Å². The van der Waals surface area contributed by atoms with Gasteiger partial charge < -0.3 is 13.7 Å². The van der Waals surface area contributed by atoms with E-state index >= 15 is 0 Å². The predicted molar refractivity (Wildman–Crippen MR) is 112 cm³/mol. The van der Waals surface area contributed by atoms with Gasteiger partial charge in [-0.05, 0) is 51.1 Å². The molecule has 0 fully saturated rings. The van der Waals surface area contributed by atoms with E-state index in [4.69, 9.17) is 4.52 Å². The number of halogens is 7. The second-order valence-corrected chi connectivity index (χ2v) is 7.36. The van der Waals surface area contributed by atoms with Gasteiger partial charge in [-0.25, -0.2) is 4.98 Å². The van der Waals surface area contributed by atoms with Gasteiger partial charge in [0.05, 0.1) is 11.3 Å². The Labute approximate surface area is 195 Å². The predicted octanol–water partition coefficient (Wildman–Crippen LogP) is 6.44. The molecule has 1 aromatic carbocycles. The summed E-state index contributed by atoms with van der Waals surface area (Å²) in [5.74, 6) is -1.06. The van der Waals surface area contributed by atoms with Gasteiger partial charge in [-0.2, -0.15) is 31.3 Å². The molecule has 0 aliphatic rings. The number of pyridine rings is 1. The first kappa shape index (κ1) is 25.3. The largest absolute Gasteiger partial charge is 0.481 e. The Morgan fingerprint density at radius 2 is 1.65 bits per heavy atom. The van der Waals surface area contributed by atoms with Gasteiger partial charge in [0.2, 0.25) is 5.82 Å². The first-order valence-corrected chi connectivity index (χ1v) is 9.59. The molecule has 182 valence electrons. The summed E-state index contributed by atoms with van der Waals surface area (Å²) in [7, 11) is 0. The molecule has 0 saturated carbocycles. The minimum Gasteiger partial charge on any atom is -0.481 e. The molecule has 0 amide bonds. The Morgan fingerprint density at radius 1 is 0.971 bits per heavy atom. The molecule has 0 N–H and O–H groups in total. The topological polar surface area (TPSA) is 65.5 Å². The normalized spacial score (nSPS) is 13.1. The van der Waals surface area contributed by atoms with E-state index < -0.39 is 29.8 Å². The maximum Gasteiger partial charge on any atom is 0.425 e. The molecule has 1 atom stereocenters. The third kappa shape index (κ3) is 4.81. The van der Waals surface area contributed by atoms with Crippen molar-refractivity contribution in [2.24, 2.45) is 0 Å². The lowest BCUT2D eigenvalue weighted by atomic mass is 10.1. The smallest absolute Gasteiger partial charge is 0.425 e. The van der Waals surface area contributed by atoms with Crippen LogP contribution in [0.4, 0.5) is 26.3 Å². The van der Waals surface area contributed by atoms with Crippen LogP contribution in [-0.4, -0.2) is 31.8 Å². The number of fused-ring (bicyclic) bond motifs is 1. The fourth-order valence-electron chi connectivity index (χ4n) is 3.11. The standard InChI is InChI=1S/C21H16F6N4O2.ClH/c1-10-11(2)31-9-14(5-7-17(31)28-10)18-29-19(33-30-18)13-4-6-16(15(8-13)21(25,26)27)32-12(3)20(22,23)24;/h4-9,12H,1-3H3;1H. The summed E-state index contributed by atoms with van der Waals surface area (Å²) in [6.07, 6.45) is -10.5. The lowest BCUT2D eigenvalue weighted by molar-refractivity contribution is -0.191. The van der Waals surface area contributed by atoms with Crippen molar-refractivity contribution in [2.45, 2.75) is 39.2 Å². The molecule has 4 aromatic rings. The van der Waals surface area contributed by atoms with Crippen LogP contribution in [0, 0.1) is 13.8 Å². The van der Waals surface area contributed by atoms with Crippen molar-refractivity contribution in [2.75, 3.05) is 0 Å². The van der Waals surface area contributed by atoms with Crippen LogP contribution in [0.2, 0.25) is 0 Å². The van der Waals surface area contributed by atoms with Crippen molar-refractivity contribution < 1.29 is 35.6 Å². The molecule has 0 bridgehead atoms. The number of rotatable bonds is 4. The first-order chi connectivity index (χ1) is 15.3. The van der Waals surface area contributed by atoms with Gasteiger partial charge in [0.1, 0.15) is 11.4 Å². The summed E-state index contributed by atoms with van der Waals surface area (Å²) in [4.78, 5) is 8.53. The van der Waals surface area contributed by atoms with Crippen LogP contribution in [0.5, 0.6) is 5.75 Å². The lowest BCUT2D eigenvalue weighted by Gasteiger charge is -2.20. The van der Waals surface area contributed by atoms with E-state index in [1.807, 2.05) is 18.2 Å². The SMILES string of the molecule is Cc1nc2ccc(-c3noc(-c4ccc(OC(C)C(F)(F)F)c(C(F)(F)F)c4)n3)cn2c1C.Cl. The van der Waals surface area contributed by atoms with E-state index in [1.54, 1.807) is 18.3 Å². The van der Waals surface area contributed by atoms with Crippen molar-refractivity contribution in [3.8, 4) is 28.6 Å². The molecule has 34 heavy (non-hydrogen) atoms. The lowest BCUT2D eigenvalue weighted by Crippen LogP contribution is -2.31. The molecule has 0 aliphatic heterocycles. The summed E-state index contributed by atoms with van der Waals surface area (Å²) >= 11 is 0. The van der Waals surface area contributed by atoms with Gasteiger partial charge in [-0.15, -0.1) is 12.4 Å². The zero-order chi connectivity index (χ0) is 24.1. The second-order valence-electron chi connectivity index (χ2n) is 7.36. The number of hydrogen-bond acceptors (Lipinski definition) is 5. The summed E-state index contributed by atoms with van der Waals surface area (Å²) in [6, 6.07) is 5.96. The highest BCUT2D eigenvalue weighted by Gasteiger charge is 2.41. The molecule has 3 heterocycles. The highest BCUT2D eigenvalue weighted by molar-refractivity contribution is 5.85. The third-order valence-electron chi connectivity index (χ3n) is 5.08. The molecule has 6 nitrogen and oxygen atoms in total. The van der Waals surface area contributed by atoms with Crippen LogP contribution in [0.1, 0.15) is 23.9 Å². The summed E-state index contributed by atoms with van der Waals surface area (Å²) < 4.78 is 90.3. The van der Waals surface area contributed by atoms with Crippen LogP contribution >= 0.6 is 12.4 Å². The molecule has 0 radical (unpaired) electrons. The molecule has 1 unspecified atom stereocenters. The number of ether oxygens (including phenoxy) is 1. The van der Waals surface area contributed by atoms with E-state index in [-0.39, 0.29) is 29.7 Å². The fourth-order valence-corrected chi connectivity index (χ4v) is 3.11. The highest BCUT2D eigenvalue weighted by atomic mass is 35.5.